The van der Waals surface area contributed by atoms with Crippen LogP contribution in [0.5, 0.6) is 5.75 Å². The van der Waals surface area contributed by atoms with Crippen molar-refractivity contribution in [3.8, 4) is 5.75 Å². The van der Waals surface area contributed by atoms with Crippen LogP contribution in [0.1, 0.15) is 10.6 Å². The number of hydrogen-bond acceptors (Lipinski definition) is 4. The Morgan fingerprint density at radius 2 is 1.85 bits per heavy atom. The summed E-state index contributed by atoms with van der Waals surface area (Å²) in [5.74, 6) is 0.825. The van der Waals surface area contributed by atoms with Crippen LogP contribution in [-0.2, 0) is 13.0 Å². The first-order valence-electron chi connectivity index (χ1n) is 6.52. The summed E-state index contributed by atoms with van der Waals surface area (Å²) in [6, 6.07) is 15.9. The lowest BCUT2D eigenvalue weighted by molar-refractivity contribution is 0.298. The molecule has 3 aromatic rings. The van der Waals surface area contributed by atoms with Gasteiger partial charge in [0.05, 0.1) is 10.2 Å². The second kappa shape index (κ2) is 6.03. The highest BCUT2D eigenvalue weighted by Crippen LogP contribution is 2.23. The Bertz CT molecular complexity index is 658. The quantitative estimate of drug-likeness (QED) is 0.781. The first-order valence-corrected chi connectivity index (χ1v) is 7.34. The predicted octanol–water partition coefficient (Wildman–Crippen LogP) is 3.41. The number of fused-ring (bicyclic) bond motifs is 1. The van der Waals surface area contributed by atoms with Gasteiger partial charge in [0.2, 0.25) is 0 Å². The van der Waals surface area contributed by atoms with Crippen LogP contribution >= 0.6 is 11.3 Å². The fourth-order valence-corrected chi connectivity index (χ4v) is 2.89. The lowest BCUT2D eigenvalue weighted by atomic mass is 10.1. The van der Waals surface area contributed by atoms with Crippen molar-refractivity contribution in [3.63, 3.8) is 0 Å². The van der Waals surface area contributed by atoms with E-state index in [1.165, 1.54) is 4.70 Å². The molecular weight excluding hydrogens is 270 g/mol. The van der Waals surface area contributed by atoms with Gasteiger partial charge in [-0.15, -0.1) is 11.3 Å². The topological polar surface area (TPSA) is 42.4 Å². The molecule has 4 heteroatoms. The molecule has 1 aromatic heterocycles. The van der Waals surface area contributed by atoms with Crippen LogP contribution in [0.4, 0.5) is 0 Å². The van der Waals surface area contributed by atoms with Crippen molar-refractivity contribution >= 4 is 21.6 Å². The SMILES string of the molecule is OCCc1ccc(OCc2nc3ccccc3s2)cc1. The van der Waals surface area contributed by atoms with Gasteiger partial charge in [0.25, 0.3) is 0 Å². The molecule has 0 atom stereocenters. The van der Waals surface area contributed by atoms with Crippen LogP contribution in [0.25, 0.3) is 10.2 Å². The van der Waals surface area contributed by atoms with Crippen molar-refractivity contribution in [2.75, 3.05) is 6.61 Å². The van der Waals surface area contributed by atoms with Gasteiger partial charge in [0.1, 0.15) is 17.4 Å². The summed E-state index contributed by atoms with van der Waals surface area (Å²) in [7, 11) is 0. The van der Waals surface area contributed by atoms with E-state index in [1.807, 2.05) is 42.5 Å². The number of aliphatic hydroxyl groups excluding tert-OH is 1. The van der Waals surface area contributed by atoms with Crippen molar-refractivity contribution in [1.29, 1.82) is 0 Å². The van der Waals surface area contributed by atoms with E-state index in [1.54, 1.807) is 11.3 Å². The fourth-order valence-electron chi connectivity index (χ4n) is 2.01. The summed E-state index contributed by atoms with van der Waals surface area (Å²) < 4.78 is 6.92. The molecule has 0 aliphatic heterocycles. The first kappa shape index (κ1) is 13.1. The highest BCUT2D eigenvalue weighted by Gasteiger charge is 2.04. The van der Waals surface area contributed by atoms with E-state index in [0.717, 1.165) is 21.8 Å². The largest absolute Gasteiger partial charge is 0.486 e. The maximum absolute atomic E-state index is 8.87. The Hall–Kier alpha value is -1.91. The lowest BCUT2D eigenvalue weighted by Gasteiger charge is -2.04. The van der Waals surface area contributed by atoms with Crippen LogP contribution in [0.2, 0.25) is 0 Å². The molecule has 0 saturated carbocycles. The standard InChI is InChI=1S/C16H15NO2S/c18-10-9-12-5-7-13(8-6-12)19-11-16-17-14-3-1-2-4-15(14)20-16/h1-8,18H,9-11H2. The Kier molecular flexibility index (Phi) is 3.95. The van der Waals surface area contributed by atoms with Crippen molar-refractivity contribution < 1.29 is 9.84 Å². The lowest BCUT2D eigenvalue weighted by Crippen LogP contribution is -1.95. The normalized spacial score (nSPS) is 10.8. The molecule has 0 bridgehead atoms. The second-order valence-corrected chi connectivity index (χ2v) is 5.60. The van der Waals surface area contributed by atoms with Gasteiger partial charge in [0.15, 0.2) is 0 Å². The van der Waals surface area contributed by atoms with Gasteiger partial charge in [-0.05, 0) is 36.2 Å². The minimum atomic E-state index is 0.173. The van der Waals surface area contributed by atoms with E-state index in [4.69, 9.17) is 9.84 Å². The Balaban J connectivity index is 1.66. The number of aliphatic hydroxyl groups is 1. The minimum absolute atomic E-state index is 0.173. The van der Waals surface area contributed by atoms with Gasteiger partial charge in [-0.1, -0.05) is 24.3 Å². The summed E-state index contributed by atoms with van der Waals surface area (Å²) in [4.78, 5) is 4.54. The number of benzene rings is 2. The van der Waals surface area contributed by atoms with E-state index in [9.17, 15) is 0 Å². The van der Waals surface area contributed by atoms with Gasteiger partial charge in [-0.3, -0.25) is 0 Å². The summed E-state index contributed by atoms with van der Waals surface area (Å²) in [5, 5.41) is 9.85. The average Bonchev–Trinajstić information content (AvgIpc) is 2.90. The molecule has 0 amide bonds. The maximum Gasteiger partial charge on any atom is 0.140 e. The van der Waals surface area contributed by atoms with Gasteiger partial charge in [-0.25, -0.2) is 4.98 Å². The summed E-state index contributed by atoms with van der Waals surface area (Å²) in [6.07, 6.45) is 0.679. The maximum atomic E-state index is 8.87. The van der Waals surface area contributed by atoms with Crippen LogP contribution < -0.4 is 4.74 Å². The summed E-state index contributed by atoms with van der Waals surface area (Å²) in [6.45, 7) is 0.657. The molecule has 0 fully saturated rings. The van der Waals surface area contributed by atoms with Crippen LogP contribution in [0, 0.1) is 0 Å². The molecule has 1 N–H and O–H groups in total. The fraction of sp³-hybridized carbons (Fsp3) is 0.188. The Labute approximate surface area is 121 Å². The molecule has 3 nitrogen and oxygen atoms in total. The van der Waals surface area contributed by atoms with Gasteiger partial charge < -0.3 is 9.84 Å². The Morgan fingerprint density at radius 1 is 1.05 bits per heavy atom. The Morgan fingerprint density at radius 3 is 2.60 bits per heavy atom. The predicted molar refractivity (Wildman–Crippen MR) is 81.2 cm³/mol. The minimum Gasteiger partial charge on any atom is -0.486 e. The van der Waals surface area contributed by atoms with Gasteiger partial charge in [-0.2, -0.15) is 0 Å². The molecule has 2 aromatic carbocycles. The molecule has 20 heavy (non-hydrogen) atoms. The van der Waals surface area contributed by atoms with Crippen LogP contribution in [0.3, 0.4) is 0 Å². The monoisotopic (exact) mass is 285 g/mol. The average molecular weight is 285 g/mol. The molecular formula is C16H15NO2S. The molecule has 0 radical (unpaired) electrons. The van der Waals surface area contributed by atoms with Crippen molar-refractivity contribution in [3.05, 3.63) is 59.1 Å². The van der Waals surface area contributed by atoms with Crippen molar-refractivity contribution in [2.24, 2.45) is 0 Å². The zero-order valence-corrected chi connectivity index (χ0v) is 11.8. The second-order valence-electron chi connectivity index (χ2n) is 4.48. The highest BCUT2D eigenvalue weighted by molar-refractivity contribution is 7.18. The first-order chi connectivity index (χ1) is 9.85. The number of aromatic nitrogens is 1. The molecule has 1 heterocycles. The van der Waals surface area contributed by atoms with Crippen molar-refractivity contribution in [2.45, 2.75) is 13.0 Å². The molecule has 0 aliphatic carbocycles. The molecule has 3 rings (SSSR count). The number of hydrogen-bond donors (Lipinski definition) is 1. The van der Waals surface area contributed by atoms with E-state index in [2.05, 4.69) is 11.1 Å². The van der Waals surface area contributed by atoms with E-state index in [0.29, 0.717) is 13.0 Å². The third kappa shape index (κ3) is 2.98. The molecule has 0 aliphatic rings. The molecule has 0 spiro atoms. The van der Waals surface area contributed by atoms with Crippen LogP contribution in [0.15, 0.2) is 48.5 Å². The number of para-hydroxylation sites is 1. The number of nitrogens with zero attached hydrogens (tertiary/aromatic N) is 1. The van der Waals surface area contributed by atoms with Crippen LogP contribution in [-0.4, -0.2) is 16.7 Å². The van der Waals surface area contributed by atoms with Crippen molar-refractivity contribution in [1.82, 2.24) is 4.98 Å². The van der Waals surface area contributed by atoms with E-state index in [-0.39, 0.29) is 6.61 Å². The molecule has 0 unspecified atom stereocenters. The third-order valence-electron chi connectivity index (χ3n) is 3.02. The number of thiazole rings is 1. The number of ether oxygens (including phenoxy) is 1. The highest BCUT2D eigenvalue weighted by atomic mass is 32.1. The van der Waals surface area contributed by atoms with E-state index >= 15 is 0 Å². The zero-order valence-electron chi connectivity index (χ0n) is 11.0. The van der Waals surface area contributed by atoms with Gasteiger partial charge in [0, 0.05) is 6.61 Å². The molecule has 0 saturated heterocycles. The number of rotatable bonds is 5. The summed E-state index contributed by atoms with van der Waals surface area (Å²) in [5.41, 5.74) is 2.13. The smallest absolute Gasteiger partial charge is 0.140 e. The summed E-state index contributed by atoms with van der Waals surface area (Å²) >= 11 is 1.66. The zero-order chi connectivity index (χ0) is 13.8. The van der Waals surface area contributed by atoms with E-state index < -0.39 is 0 Å². The van der Waals surface area contributed by atoms with Gasteiger partial charge >= 0.3 is 0 Å². The molecule has 102 valence electrons. The third-order valence-corrected chi connectivity index (χ3v) is 4.03.